The van der Waals surface area contributed by atoms with Crippen LogP contribution in [0.3, 0.4) is 0 Å². The van der Waals surface area contributed by atoms with Crippen LogP contribution < -0.4 is 10.6 Å². The van der Waals surface area contributed by atoms with E-state index in [1.54, 1.807) is 36.5 Å². The summed E-state index contributed by atoms with van der Waals surface area (Å²) in [5.41, 5.74) is 3.44. The van der Waals surface area contributed by atoms with Gasteiger partial charge in [-0.05, 0) is 54.4 Å². The van der Waals surface area contributed by atoms with Crippen LogP contribution in [-0.4, -0.2) is 17.4 Å². The molecule has 0 aliphatic rings. The molecule has 1 aromatic heterocycles. The van der Waals surface area contributed by atoms with Crippen molar-refractivity contribution in [3.05, 3.63) is 88.7 Å². The van der Waals surface area contributed by atoms with Gasteiger partial charge in [0.2, 0.25) is 0 Å². The Bertz CT molecular complexity index is 997. The minimum absolute atomic E-state index is 0.244. The Morgan fingerprint density at radius 1 is 1.07 bits per heavy atom. The van der Waals surface area contributed by atoms with Gasteiger partial charge < -0.3 is 10.6 Å². The molecule has 0 saturated carbocycles. The number of rotatable bonds is 6. The lowest BCUT2D eigenvalue weighted by Gasteiger charge is -2.09. The Labute approximate surface area is 162 Å². The van der Waals surface area contributed by atoms with E-state index >= 15 is 0 Å². The number of anilines is 2. The van der Waals surface area contributed by atoms with Crippen LogP contribution in [0.5, 0.6) is 0 Å². The Morgan fingerprint density at radius 2 is 1.89 bits per heavy atom. The van der Waals surface area contributed by atoms with Crippen LogP contribution >= 0.6 is 11.6 Å². The quantitative estimate of drug-likeness (QED) is 0.671. The Hall–Kier alpha value is -3.36. The second-order valence-corrected chi connectivity index (χ2v) is 6.32. The molecule has 1 heterocycles. The van der Waals surface area contributed by atoms with E-state index in [-0.39, 0.29) is 5.91 Å². The number of halogens is 1. The molecule has 5 nitrogen and oxygen atoms in total. The van der Waals surface area contributed by atoms with Gasteiger partial charge >= 0.3 is 0 Å². The molecule has 0 bridgehead atoms. The van der Waals surface area contributed by atoms with Gasteiger partial charge in [-0.15, -0.1) is 0 Å². The van der Waals surface area contributed by atoms with Gasteiger partial charge in [-0.1, -0.05) is 29.8 Å². The van der Waals surface area contributed by atoms with E-state index in [1.807, 2.05) is 30.3 Å². The predicted octanol–water partition coefficient (Wildman–Crippen LogP) is 4.32. The summed E-state index contributed by atoms with van der Waals surface area (Å²) >= 11 is 5.96. The van der Waals surface area contributed by atoms with Gasteiger partial charge in [-0.3, -0.25) is 9.78 Å². The van der Waals surface area contributed by atoms with E-state index in [4.69, 9.17) is 16.9 Å². The highest BCUT2D eigenvalue weighted by molar-refractivity contribution is 6.30. The molecular formula is C21H17ClN4O. The lowest BCUT2D eigenvalue weighted by molar-refractivity contribution is 0.0949. The van der Waals surface area contributed by atoms with Crippen molar-refractivity contribution < 1.29 is 4.79 Å². The molecule has 0 saturated heterocycles. The van der Waals surface area contributed by atoms with Gasteiger partial charge in [0.1, 0.15) is 5.69 Å². The van der Waals surface area contributed by atoms with E-state index in [0.717, 1.165) is 16.9 Å². The second kappa shape index (κ2) is 8.84. The van der Waals surface area contributed by atoms with Gasteiger partial charge in [-0.25, -0.2) is 0 Å². The van der Waals surface area contributed by atoms with Crippen molar-refractivity contribution in [1.29, 1.82) is 5.26 Å². The number of hydrogen-bond donors (Lipinski definition) is 2. The van der Waals surface area contributed by atoms with E-state index < -0.39 is 0 Å². The summed E-state index contributed by atoms with van der Waals surface area (Å²) in [5, 5.41) is 15.7. The number of carbonyl (C=O) groups excluding carboxylic acids is 1. The Kier molecular flexibility index (Phi) is 6.03. The summed E-state index contributed by atoms with van der Waals surface area (Å²) in [6.45, 7) is 0.489. The zero-order valence-electron chi connectivity index (χ0n) is 14.4. The van der Waals surface area contributed by atoms with Crippen LogP contribution in [0.1, 0.15) is 21.6 Å². The number of hydrogen-bond acceptors (Lipinski definition) is 4. The average molecular weight is 377 g/mol. The number of carbonyl (C=O) groups is 1. The number of amides is 1. The second-order valence-electron chi connectivity index (χ2n) is 5.88. The Balaban J connectivity index is 1.60. The van der Waals surface area contributed by atoms with Crippen LogP contribution in [0.2, 0.25) is 5.02 Å². The van der Waals surface area contributed by atoms with Crippen LogP contribution in [0.4, 0.5) is 11.4 Å². The number of aromatic nitrogens is 1. The van der Waals surface area contributed by atoms with Crippen molar-refractivity contribution in [1.82, 2.24) is 10.3 Å². The molecule has 3 rings (SSSR count). The van der Waals surface area contributed by atoms with Crippen LogP contribution in [0, 0.1) is 11.3 Å². The molecule has 6 heteroatoms. The fraction of sp³-hybridized carbons (Fsp3) is 0.0952. The van der Waals surface area contributed by atoms with E-state index in [0.29, 0.717) is 29.2 Å². The van der Waals surface area contributed by atoms with Crippen LogP contribution in [-0.2, 0) is 6.42 Å². The largest absolute Gasteiger partial charge is 0.355 e. The zero-order chi connectivity index (χ0) is 19.1. The fourth-order valence-corrected chi connectivity index (χ4v) is 2.78. The first-order valence-electron chi connectivity index (χ1n) is 8.40. The summed E-state index contributed by atoms with van der Waals surface area (Å²) in [7, 11) is 0. The standard InChI is InChI=1S/C21H17ClN4O/c22-17-5-1-3-15(11-17)7-9-25-21(27)20-13-19(8-10-24-20)26-18-6-2-4-16(12-18)14-23/h1-6,8,10-13H,7,9H2,(H,24,26)(H,25,27). The third-order valence-electron chi connectivity index (χ3n) is 3.86. The van der Waals surface area contributed by atoms with E-state index in [1.165, 1.54) is 0 Å². The van der Waals surface area contributed by atoms with Crippen molar-refractivity contribution in [2.75, 3.05) is 11.9 Å². The monoisotopic (exact) mass is 376 g/mol. The smallest absolute Gasteiger partial charge is 0.269 e. The molecule has 1 amide bonds. The third kappa shape index (κ3) is 5.30. The maximum Gasteiger partial charge on any atom is 0.269 e. The lowest BCUT2D eigenvalue weighted by Crippen LogP contribution is -2.26. The summed E-state index contributed by atoms with van der Waals surface area (Å²) in [6, 6.07) is 20.2. The molecule has 0 unspecified atom stereocenters. The van der Waals surface area contributed by atoms with Gasteiger partial charge in [0.15, 0.2) is 0 Å². The minimum Gasteiger partial charge on any atom is -0.355 e. The highest BCUT2D eigenvalue weighted by atomic mass is 35.5. The number of nitrogens with zero attached hydrogens (tertiary/aromatic N) is 2. The molecule has 2 aromatic carbocycles. The van der Waals surface area contributed by atoms with Crippen molar-refractivity contribution in [2.24, 2.45) is 0 Å². The maximum absolute atomic E-state index is 12.3. The molecule has 27 heavy (non-hydrogen) atoms. The number of nitriles is 1. The summed E-state index contributed by atoms with van der Waals surface area (Å²) in [6.07, 6.45) is 2.26. The van der Waals surface area contributed by atoms with E-state index in [2.05, 4.69) is 21.7 Å². The molecule has 0 atom stereocenters. The molecular weight excluding hydrogens is 360 g/mol. The zero-order valence-corrected chi connectivity index (χ0v) is 15.2. The molecule has 3 aromatic rings. The first kappa shape index (κ1) is 18.4. The molecule has 0 aliphatic carbocycles. The number of benzene rings is 2. The van der Waals surface area contributed by atoms with Crippen molar-refractivity contribution in [3.63, 3.8) is 0 Å². The van der Waals surface area contributed by atoms with E-state index in [9.17, 15) is 4.79 Å². The summed E-state index contributed by atoms with van der Waals surface area (Å²) < 4.78 is 0. The molecule has 0 fully saturated rings. The first-order chi connectivity index (χ1) is 13.1. The SMILES string of the molecule is N#Cc1cccc(Nc2ccnc(C(=O)NCCc3cccc(Cl)c3)c2)c1. The summed E-state index contributed by atoms with van der Waals surface area (Å²) in [5.74, 6) is -0.244. The van der Waals surface area contributed by atoms with Crippen LogP contribution in [0.25, 0.3) is 0 Å². The van der Waals surface area contributed by atoms with Crippen molar-refractivity contribution in [2.45, 2.75) is 6.42 Å². The molecule has 0 spiro atoms. The van der Waals surface area contributed by atoms with Gasteiger partial charge in [0.05, 0.1) is 11.6 Å². The predicted molar refractivity (Wildman–Crippen MR) is 106 cm³/mol. The minimum atomic E-state index is -0.244. The molecule has 0 radical (unpaired) electrons. The lowest BCUT2D eigenvalue weighted by atomic mass is 10.1. The van der Waals surface area contributed by atoms with Crippen molar-refractivity contribution >= 4 is 28.9 Å². The normalized spacial score (nSPS) is 10.1. The summed E-state index contributed by atoms with van der Waals surface area (Å²) in [4.78, 5) is 16.5. The van der Waals surface area contributed by atoms with Gasteiger partial charge in [-0.2, -0.15) is 5.26 Å². The fourth-order valence-electron chi connectivity index (χ4n) is 2.57. The molecule has 134 valence electrons. The van der Waals surface area contributed by atoms with Gasteiger partial charge in [0.25, 0.3) is 5.91 Å². The molecule has 2 N–H and O–H groups in total. The maximum atomic E-state index is 12.3. The first-order valence-corrected chi connectivity index (χ1v) is 8.78. The van der Waals surface area contributed by atoms with Gasteiger partial charge in [0, 0.05) is 29.1 Å². The molecule has 0 aliphatic heterocycles. The number of pyridine rings is 1. The Morgan fingerprint density at radius 3 is 2.70 bits per heavy atom. The number of nitrogens with one attached hydrogen (secondary N) is 2. The van der Waals surface area contributed by atoms with Crippen molar-refractivity contribution in [3.8, 4) is 6.07 Å². The average Bonchev–Trinajstić information content (AvgIpc) is 2.68. The van der Waals surface area contributed by atoms with Crippen LogP contribution in [0.15, 0.2) is 66.9 Å². The highest BCUT2D eigenvalue weighted by Crippen LogP contribution is 2.18. The topological polar surface area (TPSA) is 77.8 Å². The third-order valence-corrected chi connectivity index (χ3v) is 4.10. The highest BCUT2D eigenvalue weighted by Gasteiger charge is 2.08.